The first-order valence-electron chi connectivity index (χ1n) is 8.20. The minimum atomic E-state index is -0.329. The molecule has 0 unspecified atom stereocenters. The summed E-state index contributed by atoms with van der Waals surface area (Å²) in [7, 11) is 0. The molecular weight excluding hydrogens is 270 g/mol. The van der Waals surface area contributed by atoms with Gasteiger partial charge in [-0.05, 0) is 29.5 Å². The highest BCUT2D eigenvalue weighted by atomic mass is 16.5. The Balaban J connectivity index is 1.96. The number of benzene rings is 2. The van der Waals surface area contributed by atoms with E-state index in [0.717, 1.165) is 13.2 Å². The van der Waals surface area contributed by atoms with E-state index in [2.05, 4.69) is 74.2 Å². The molecule has 2 aromatic rings. The number of hydrogen-bond donors (Lipinski definition) is 0. The number of fused-ring (bicyclic) bond motifs is 5. The van der Waals surface area contributed by atoms with Crippen LogP contribution in [0.15, 0.2) is 48.5 Å². The zero-order valence-electron chi connectivity index (χ0n) is 13.5. The number of hydrogen-bond acceptors (Lipinski definition) is 2. The van der Waals surface area contributed by atoms with Gasteiger partial charge in [0.2, 0.25) is 0 Å². The molecule has 2 aromatic carbocycles. The van der Waals surface area contributed by atoms with Gasteiger partial charge >= 0.3 is 0 Å². The van der Waals surface area contributed by atoms with Crippen molar-refractivity contribution in [1.82, 2.24) is 4.90 Å². The second-order valence-electron chi connectivity index (χ2n) is 6.94. The normalized spacial score (nSPS) is 27.2. The van der Waals surface area contributed by atoms with E-state index in [-0.39, 0.29) is 5.72 Å². The number of rotatable bonds is 1. The van der Waals surface area contributed by atoms with Crippen molar-refractivity contribution in [2.75, 3.05) is 6.61 Å². The van der Waals surface area contributed by atoms with Crippen LogP contribution in [-0.4, -0.2) is 17.5 Å². The Morgan fingerprint density at radius 3 is 2.50 bits per heavy atom. The van der Waals surface area contributed by atoms with E-state index >= 15 is 0 Å². The van der Waals surface area contributed by atoms with E-state index in [1.54, 1.807) is 0 Å². The van der Waals surface area contributed by atoms with Gasteiger partial charge in [0.1, 0.15) is 5.72 Å². The summed E-state index contributed by atoms with van der Waals surface area (Å²) in [6.45, 7) is 8.58. The lowest BCUT2D eigenvalue weighted by atomic mass is 9.93. The molecule has 114 valence electrons. The monoisotopic (exact) mass is 293 g/mol. The van der Waals surface area contributed by atoms with Crippen LogP contribution in [0.1, 0.15) is 31.9 Å². The molecule has 0 aliphatic carbocycles. The molecule has 2 heteroatoms. The van der Waals surface area contributed by atoms with Crippen LogP contribution in [0.5, 0.6) is 0 Å². The molecule has 0 N–H and O–H groups in total. The fourth-order valence-corrected chi connectivity index (χ4v) is 4.02. The Hall–Kier alpha value is -1.64. The second kappa shape index (κ2) is 4.94. The van der Waals surface area contributed by atoms with Crippen LogP contribution < -0.4 is 0 Å². The van der Waals surface area contributed by atoms with E-state index in [0.29, 0.717) is 12.0 Å². The Bertz CT molecular complexity index is 708. The Morgan fingerprint density at radius 2 is 1.73 bits per heavy atom. The molecule has 1 saturated heterocycles. The topological polar surface area (TPSA) is 12.5 Å². The molecule has 0 aromatic heterocycles. The lowest BCUT2D eigenvalue weighted by Crippen LogP contribution is -2.44. The van der Waals surface area contributed by atoms with E-state index in [1.807, 2.05) is 0 Å². The van der Waals surface area contributed by atoms with Crippen LogP contribution in [0.3, 0.4) is 0 Å². The maximum atomic E-state index is 6.38. The molecular formula is C20H23NO. The summed E-state index contributed by atoms with van der Waals surface area (Å²) in [5.74, 6) is 0.583. The van der Waals surface area contributed by atoms with Crippen molar-refractivity contribution in [3.8, 4) is 11.1 Å². The van der Waals surface area contributed by atoms with Crippen LogP contribution in [0, 0.1) is 5.92 Å². The molecule has 2 nitrogen and oxygen atoms in total. The fourth-order valence-electron chi connectivity index (χ4n) is 4.02. The lowest BCUT2D eigenvalue weighted by Gasteiger charge is -2.37. The lowest BCUT2D eigenvalue weighted by molar-refractivity contribution is -0.0806. The summed E-state index contributed by atoms with van der Waals surface area (Å²) in [6.07, 6.45) is 0. The Kier molecular flexibility index (Phi) is 3.14. The molecule has 22 heavy (non-hydrogen) atoms. The van der Waals surface area contributed by atoms with Crippen LogP contribution in [0.25, 0.3) is 11.1 Å². The molecule has 1 fully saturated rings. The maximum Gasteiger partial charge on any atom is 0.146 e. The van der Waals surface area contributed by atoms with E-state index in [9.17, 15) is 0 Å². The van der Waals surface area contributed by atoms with Crippen LogP contribution >= 0.6 is 0 Å². The molecule has 2 atom stereocenters. The molecule has 2 aliphatic heterocycles. The van der Waals surface area contributed by atoms with Gasteiger partial charge in [-0.3, -0.25) is 4.90 Å². The van der Waals surface area contributed by atoms with Crippen molar-refractivity contribution < 1.29 is 4.74 Å². The highest BCUT2D eigenvalue weighted by Crippen LogP contribution is 2.47. The molecule has 0 bridgehead atoms. The summed E-state index contributed by atoms with van der Waals surface area (Å²) in [5.41, 5.74) is 5.02. The average Bonchev–Trinajstić information content (AvgIpc) is 2.81. The first kappa shape index (κ1) is 14.0. The van der Waals surface area contributed by atoms with Gasteiger partial charge in [-0.1, -0.05) is 62.4 Å². The van der Waals surface area contributed by atoms with Gasteiger partial charge in [0, 0.05) is 18.2 Å². The van der Waals surface area contributed by atoms with Crippen LogP contribution in [0.4, 0.5) is 0 Å². The van der Waals surface area contributed by atoms with Crippen molar-refractivity contribution in [2.24, 2.45) is 5.92 Å². The molecule has 4 rings (SSSR count). The van der Waals surface area contributed by atoms with Crippen LogP contribution in [-0.2, 0) is 17.0 Å². The Morgan fingerprint density at radius 1 is 1.05 bits per heavy atom. The minimum Gasteiger partial charge on any atom is -0.355 e. The van der Waals surface area contributed by atoms with E-state index in [1.165, 1.54) is 22.3 Å². The van der Waals surface area contributed by atoms with E-state index in [4.69, 9.17) is 4.74 Å². The SMILES string of the molecule is CC(C)[C@H]1CO[C@]2(C)c3ccccc3-c3ccccc3CN12. The minimum absolute atomic E-state index is 0.329. The van der Waals surface area contributed by atoms with Gasteiger partial charge in [-0.2, -0.15) is 0 Å². The quantitative estimate of drug-likeness (QED) is 0.773. The molecule has 0 saturated carbocycles. The standard InChI is InChI=1S/C20H23NO/c1-14(2)19-13-22-20(3)18-11-7-6-10-17(18)16-9-5-4-8-15(16)12-21(19)20/h4-11,14,19H,12-13H2,1-3H3/t19-,20-/m1/s1. The maximum absolute atomic E-state index is 6.38. The fraction of sp³-hybridized carbons (Fsp3) is 0.400. The smallest absolute Gasteiger partial charge is 0.146 e. The average molecular weight is 293 g/mol. The van der Waals surface area contributed by atoms with Crippen molar-refractivity contribution in [3.05, 3.63) is 59.7 Å². The molecule has 0 radical (unpaired) electrons. The molecule has 0 spiro atoms. The summed E-state index contributed by atoms with van der Waals surface area (Å²) < 4.78 is 6.38. The van der Waals surface area contributed by atoms with Gasteiger partial charge in [0.05, 0.1) is 6.61 Å². The third-order valence-corrected chi connectivity index (χ3v) is 5.33. The number of nitrogens with zero attached hydrogens (tertiary/aromatic N) is 1. The first-order valence-corrected chi connectivity index (χ1v) is 8.20. The summed E-state index contributed by atoms with van der Waals surface area (Å²) >= 11 is 0. The largest absolute Gasteiger partial charge is 0.355 e. The first-order chi connectivity index (χ1) is 10.6. The van der Waals surface area contributed by atoms with Crippen molar-refractivity contribution in [2.45, 2.75) is 39.1 Å². The predicted octanol–water partition coefficient (Wildman–Crippen LogP) is 4.40. The summed E-state index contributed by atoms with van der Waals surface area (Å²) in [6, 6.07) is 18.0. The van der Waals surface area contributed by atoms with Crippen molar-refractivity contribution in [1.29, 1.82) is 0 Å². The Labute approximate surface area is 132 Å². The van der Waals surface area contributed by atoms with Crippen LogP contribution in [0.2, 0.25) is 0 Å². The van der Waals surface area contributed by atoms with Gasteiger partial charge in [0.25, 0.3) is 0 Å². The summed E-state index contributed by atoms with van der Waals surface area (Å²) in [5, 5.41) is 0. The predicted molar refractivity (Wildman–Crippen MR) is 89.4 cm³/mol. The van der Waals surface area contributed by atoms with Crippen molar-refractivity contribution in [3.63, 3.8) is 0 Å². The number of ether oxygens (including phenoxy) is 1. The highest BCUT2D eigenvalue weighted by Gasteiger charge is 2.48. The molecule has 2 heterocycles. The third kappa shape index (κ3) is 1.87. The van der Waals surface area contributed by atoms with Gasteiger partial charge in [-0.25, -0.2) is 0 Å². The third-order valence-electron chi connectivity index (χ3n) is 5.33. The zero-order valence-corrected chi connectivity index (χ0v) is 13.5. The highest BCUT2D eigenvalue weighted by molar-refractivity contribution is 5.72. The van der Waals surface area contributed by atoms with Gasteiger partial charge in [0.15, 0.2) is 0 Å². The summed E-state index contributed by atoms with van der Waals surface area (Å²) in [4.78, 5) is 2.56. The van der Waals surface area contributed by atoms with Gasteiger partial charge in [-0.15, -0.1) is 0 Å². The van der Waals surface area contributed by atoms with Crippen molar-refractivity contribution >= 4 is 0 Å². The zero-order chi connectivity index (χ0) is 15.3. The van der Waals surface area contributed by atoms with Gasteiger partial charge < -0.3 is 4.74 Å². The molecule has 0 amide bonds. The second-order valence-corrected chi connectivity index (χ2v) is 6.94. The van der Waals surface area contributed by atoms with E-state index < -0.39 is 0 Å². The molecule has 2 aliphatic rings.